The van der Waals surface area contributed by atoms with E-state index in [1.54, 1.807) is 0 Å². The molecule has 0 saturated carbocycles. The van der Waals surface area contributed by atoms with Gasteiger partial charge < -0.3 is 4.43 Å². The van der Waals surface area contributed by atoms with Crippen molar-refractivity contribution < 1.29 is 4.43 Å². The molecule has 0 radical (unpaired) electrons. The highest BCUT2D eigenvalue weighted by molar-refractivity contribution is 6.80. The summed E-state index contributed by atoms with van der Waals surface area (Å²) < 4.78 is 7.11. The van der Waals surface area contributed by atoms with Gasteiger partial charge in [0.25, 0.3) is 0 Å². The molecule has 0 aliphatic carbocycles. The first-order valence-corrected chi connectivity index (χ1v) is 11.5. The summed E-state index contributed by atoms with van der Waals surface area (Å²) in [6.45, 7) is 16.8. The molecule has 130 valence electrons. The molecule has 1 saturated heterocycles. The van der Waals surface area contributed by atoms with Crippen molar-refractivity contribution in [1.82, 2.24) is 0 Å². The van der Waals surface area contributed by atoms with E-state index in [0.717, 1.165) is 0 Å². The van der Waals surface area contributed by atoms with Gasteiger partial charge in [-0.2, -0.15) is 0 Å². The Balaban J connectivity index is 2.42. The summed E-state index contributed by atoms with van der Waals surface area (Å²) >= 11 is 0. The molecule has 1 aromatic carbocycles. The van der Waals surface area contributed by atoms with Gasteiger partial charge in [-0.3, -0.25) is 0 Å². The Labute approximate surface area is 145 Å². The van der Waals surface area contributed by atoms with Crippen molar-refractivity contribution in [1.29, 1.82) is 0 Å². The molecule has 1 heterocycles. The third-order valence-electron chi connectivity index (χ3n) is 5.79. The van der Waals surface area contributed by atoms with Gasteiger partial charge in [-0.1, -0.05) is 91.6 Å². The molecule has 0 amide bonds. The van der Waals surface area contributed by atoms with E-state index in [0.29, 0.717) is 12.0 Å². The summed E-state index contributed by atoms with van der Waals surface area (Å²) in [5.41, 5.74) is 1.39. The second kappa shape index (κ2) is 6.72. The van der Waals surface area contributed by atoms with Gasteiger partial charge in [-0.15, -0.1) is 0 Å². The van der Waals surface area contributed by atoms with Gasteiger partial charge in [-0.25, -0.2) is 0 Å². The van der Waals surface area contributed by atoms with Crippen LogP contribution in [0.4, 0.5) is 0 Å². The van der Waals surface area contributed by atoms with Crippen LogP contribution >= 0.6 is 0 Å². The lowest BCUT2D eigenvalue weighted by atomic mass is 9.93. The number of unbranched alkanes of at least 4 members (excludes halogenated alkanes) is 1. The lowest BCUT2D eigenvalue weighted by Gasteiger charge is -2.48. The van der Waals surface area contributed by atoms with Crippen LogP contribution in [-0.2, 0) is 4.43 Å². The van der Waals surface area contributed by atoms with E-state index in [9.17, 15) is 0 Å². The van der Waals surface area contributed by atoms with Crippen LogP contribution in [0.3, 0.4) is 0 Å². The van der Waals surface area contributed by atoms with Crippen LogP contribution < -0.4 is 0 Å². The van der Waals surface area contributed by atoms with E-state index in [-0.39, 0.29) is 10.1 Å². The topological polar surface area (TPSA) is 9.23 Å². The van der Waals surface area contributed by atoms with Crippen LogP contribution in [0.5, 0.6) is 0 Å². The smallest absolute Gasteiger partial charge is 0.204 e. The fourth-order valence-corrected chi connectivity index (χ4v) is 10.8. The second-order valence-electron chi connectivity index (χ2n) is 9.38. The lowest BCUT2D eigenvalue weighted by molar-refractivity contribution is 0.157. The average molecular weight is 333 g/mol. The maximum absolute atomic E-state index is 7.11. The third kappa shape index (κ3) is 3.58. The number of benzene rings is 1. The first-order chi connectivity index (χ1) is 10.6. The van der Waals surface area contributed by atoms with Gasteiger partial charge >= 0.3 is 0 Å². The minimum atomic E-state index is -1.89. The molecular formula is C21H36OSi. The monoisotopic (exact) mass is 332 g/mol. The second-order valence-corrected chi connectivity index (χ2v) is 14.7. The highest BCUT2D eigenvalue weighted by Gasteiger charge is 2.61. The van der Waals surface area contributed by atoms with Crippen molar-refractivity contribution in [2.75, 3.05) is 0 Å². The Morgan fingerprint density at radius 3 is 2.04 bits per heavy atom. The summed E-state index contributed by atoms with van der Waals surface area (Å²) in [4.78, 5) is 0. The molecule has 1 nitrogen and oxygen atoms in total. The lowest BCUT2D eigenvalue weighted by Crippen LogP contribution is -2.51. The molecule has 1 aliphatic rings. The van der Waals surface area contributed by atoms with Crippen LogP contribution in [0.1, 0.15) is 79.4 Å². The Hall–Kier alpha value is -0.603. The van der Waals surface area contributed by atoms with E-state index in [2.05, 4.69) is 78.8 Å². The van der Waals surface area contributed by atoms with Crippen molar-refractivity contribution in [3.63, 3.8) is 0 Å². The zero-order valence-corrected chi connectivity index (χ0v) is 17.3. The van der Waals surface area contributed by atoms with E-state index in [1.165, 1.54) is 30.9 Å². The fraction of sp³-hybridized carbons (Fsp3) is 0.714. The minimum absolute atomic E-state index is 0.263. The zero-order valence-electron chi connectivity index (χ0n) is 16.3. The van der Waals surface area contributed by atoms with Crippen LogP contribution in [0, 0.1) is 5.92 Å². The molecule has 0 aromatic heterocycles. The maximum Gasteiger partial charge on any atom is 0.204 e. The first kappa shape index (κ1) is 18.7. The van der Waals surface area contributed by atoms with Crippen LogP contribution in [0.15, 0.2) is 30.3 Å². The van der Waals surface area contributed by atoms with Crippen molar-refractivity contribution in [3.8, 4) is 0 Å². The number of rotatable bonds is 4. The predicted molar refractivity (Wildman–Crippen MR) is 103 cm³/mol. The molecule has 2 heteroatoms. The molecule has 1 aliphatic heterocycles. The Kier molecular flexibility index (Phi) is 5.47. The number of hydrogen-bond acceptors (Lipinski definition) is 1. The summed E-state index contributed by atoms with van der Waals surface area (Å²) in [5, 5.41) is 0.526. The summed E-state index contributed by atoms with van der Waals surface area (Å²) in [7, 11) is -1.89. The maximum atomic E-state index is 7.11. The van der Waals surface area contributed by atoms with Gasteiger partial charge in [-0.05, 0) is 34.0 Å². The normalized spacial score (nSPS) is 24.8. The highest BCUT2D eigenvalue weighted by atomic mass is 28.4. The first-order valence-electron chi connectivity index (χ1n) is 9.35. The van der Waals surface area contributed by atoms with Gasteiger partial charge in [0.15, 0.2) is 0 Å². The number of hydrogen-bond donors (Lipinski definition) is 0. The van der Waals surface area contributed by atoms with Crippen molar-refractivity contribution in [3.05, 3.63) is 35.9 Å². The molecule has 2 atom stereocenters. The molecule has 0 unspecified atom stereocenters. The van der Waals surface area contributed by atoms with E-state index in [4.69, 9.17) is 4.43 Å². The standard InChI is InChI=1S/C21H36OSi/c1-8-9-13-18-16-23(20(2,3)4,21(5,6)7)22-19(18)17-14-11-10-12-15-17/h10-12,14-15,18-19H,8-9,13,16H2,1-7H3/t18-,19+/m0/s1. The summed E-state index contributed by atoms with van der Waals surface area (Å²) in [6, 6.07) is 12.3. The summed E-state index contributed by atoms with van der Waals surface area (Å²) in [5.74, 6) is 0.683. The van der Waals surface area contributed by atoms with Crippen LogP contribution in [-0.4, -0.2) is 8.32 Å². The Morgan fingerprint density at radius 2 is 1.57 bits per heavy atom. The van der Waals surface area contributed by atoms with Gasteiger partial charge in [0.05, 0.1) is 6.10 Å². The quantitative estimate of drug-likeness (QED) is 0.534. The minimum Gasteiger partial charge on any atom is -0.409 e. The molecule has 23 heavy (non-hydrogen) atoms. The third-order valence-corrected chi connectivity index (χ3v) is 12.4. The van der Waals surface area contributed by atoms with Crippen LogP contribution in [0.2, 0.25) is 16.1 Å². The average Bonchev–Trinajstić information content (AvgIpc) is 2.86. The van der Waals surface area contributed by atoms with E-state index < -0.39 is 8.32 Å². The Bertz CT molecular complexity index is 481. The molecule has 0 spiro atoms. The van der Waals surface area contributed by atoms with Crippen molar-refractivity contribution in [2.24, 2.45) is 5.92 Å². The molecule has 2 rings (SSSR count). The largest absolute Gasteiger partial charge is 0.409 e. The fourth-order valence-electron chi connectivity index (χ4n) is 4.63. The highest BCUT2D eigenvalue weighted by Crippen LogP contribution is 2.62. The van der Waals surface area contributed by atoms with E-state index >= 15 is 0 Å². The summed E-state index contributed by atoms with van der Waals surface area (Å²) in [6.07, 6.45) is 4.19. The Morgan fingerprint density at radius 1 is 1.00 bits per heavy atom. The molecule has 0 bridgehead atoms. The predicted octanol–water partition coefficient (Wildman–Crippen LogP) is 7.11. The van der Waals surface area contributed by atoms with Crippen LogP contribution in [0.25, 0.3) is 0 Å². The molecular weight excluding hydrogens is 296 g/mol. The van der Waals surface area contributed by atoms with Gasteiger partial charge in [0.1, 0.15) is 0 Å². The van der Waals surface area contributed by atoms with Crippen molar-refractivity contribution in [2.45, 2.75) is 90.0 Å². The SMILES string of the molecule is CCCC[C@H]1C[Si](C(C)(C)C)(C(C)(C)C)O[C@@H]1c1ccccc1. The van der Waals surface area contributed by atoms with Gasteiger partial charge in [0, 0.05) is 0 Å². The molecule has 1 aromatic rings. The van der Waals surface area contributed by atoms with Crippen molar-refractivity contribution >= 4 is 8.32 Å². The molecule has 0 N–H and O–H groups in total. The molecule has 1 fully saturated rings. The zero-order chi connectivity index (χ0) is 17.3. The van der Waals surface area contributed by atoms with Gasteiger partial charge in [0.2, 0.25) is 8.32 Å². The van der Waals surface area contributed by atoms with E-state index in [1.807, 2.05) is 0 Å².